The summed E-state index contributed by atoms with van der Waals surface area (Å²) in [7, 11) is 1.49. The standard InChI is InChI=1S/C21H25N3O2/c1-3-13-12-24(10-6-9-22)17-11-15(13)19(21(25)26-2)18-14-7-4-5-8-16(14)23-20(17)18/h4-5,7-8,13,15,17,19,23H,3,6,10-12H2,1-2H3/t13-,15+,17+,19+/m0/s1. The van der Waals surface area contributed by atoms with Gasteiger partial charge in [-0.2, -0.15) is 5.26 Å². The zero-order valence-electron chi connectivity index (χ0n) is 15.4. The number of carbonyl (C=O) groups excluding carboxylic acids is 1. The number of fused-ring (bicyclic) bond motifs is 6. The van der Waals surface area contributed by atoms with E-state index in [-0.39, 0.29) is 17.9 Å². The number of esters is 1. The Balaban J connectivity index is 1.89. The van der Waals surface area contributed by atoms with E-state index in [2.05, 4.69) is 35.0 Å². The molecule has 2 bridgehead atoms. The van der Waals surface area contributed by atoms with Crippen LogP contribution in [-0.2, 0) is 9.53 Å². The number of rotatable bonds is 4. The maximum absolute atomic E-state index is 12.8. The van der Waals surface area contributed by atoms with Crippen LogP contribution in [0.1, 0.15) is 49.4 Å². The van der Waals surface area contributed by atoms with Crippen molar-refractivity contribution in [2.24, 2.45) is 11.8 Å². The van der Waals surface area contributed by atoms with Crippen molar-refractivity contribution in [3.05, 3.63) is 35.5 Å². The number of nitrogens with one attached hydrogen (secondary N) is 1. The lowest BCUT2D eigenvalue weighted by atomic mass is 9.65. The van der Waals surface area contributed by atoms with Crippen LogP contribution in [0.25, 0.3) is 10.9 Å². The monoisotopic (exact) mass is 351 g/mol. The molecule has 0 unspecified atom stereocenters. The van der Waals surface area contributed by atoms with Gasteiger partial charge in [-0.25, -0.2) is 0 Å². The molecule has 1 aliphatic heterocycles. The van der Waals surface area contributed by atoms with Crippen molar-refractivity contribution >= 4 is 16.9 Å². The number of carbonyl (C=O) groups is 1. The summed E-state index contributed by atoms with van der Waals surface area (Å²) in [5, 5.41) is 10.2. The molecule has 0 saturated carbocycles. The number of piperidine rings is 1. The molecule has 26 heavy (non-hydrogen) atoms. The lowest BCUT2D eigenvalue weighted by molar-refractivity contribution is -0.146. The van der Waals surface area contributed by atoms with Crippen LogP contribution in [0.4, 0.5) is 0 Å². The van der Waals surface area contributed by atoms with Gasteiger partial charge in [-0.15, -0.1) is 0 Å². The molecule has 4 atom stereocenters. The molecule has 0 spiro atoms. The predicted molar refractivity (Wildman–Crippen MR) is 99.5 cm³/mol. The maximum atomic E-state index is 12.8. The molecule has 2 heterocycles. The highest BCUT2D eigenvalue weighted by atomic mass is 16.5. The van der Waals surface area contributed by atoms with Gasteiger partial charge in [0, 0.05) is 36.1 Å². The number of para-hydroxylation sites is 1. The van der Waals surface area contributed by atoms with Crippen LogP contribution in [0.2, 0.25) is 0 Å². The number of methoxy groups -OCH3 is 1. The Kier molecular flexibility index (Phi) is 4.46. The van der Waals surface area contributed by atoms with E-state index in [1.807, 2.05) is 12.1 Å². The molecule has 0 amide bonds. The molecular formula is C21H25N3O2. The molecule has 1 saturated heterocycles. The molecule has 1 aliphatic carbocycles. The first-order valence-corrected chi connectivity index (χ1v) is 9.48. The molecule has 136 valence electrons. The van der Waals surface area contributed by atoms with E-state index in [1.54, 1.807) is 0 Å². The third kappa shape index (κ3) is 2.52. The van der Waals surface area contributed by atoms with Crippen molar-refractivity contribution in [1.29, 1.82) is 5.26 Å². The Labute approximate surface area is 153 Å². The van der Waals surface area contributed by atoms with Gasteiger partial charge < -0.3 is 9.72 Å². The maximum Gasteiger partial charge on any atom is 0.313 e. The van der Waals surface area contributed by atoms with Crippen LogP contribution in [0.5, 0.6) is 0 Å². The number of likely N-dealkylation sites (tertiary alicyclic amines) is 1. The number of nitrogens with zero attached hydrogens (tertiary/aromatic N) is 2. The Hall–Kier alpha value is -2.32. The van der Waals surface area contributed by atoms with Gasteiger partial charge in [0.05, 0.1) is 25.1 Å². The first-order chi connectivity index (χ1) is 12.7. The fourth-order valence-electron chi connectivity index (χ4n) is 5.16. The summed E-state index contributed by atoms with van der Waals surface area (Å²) in [6.07, 6.45) is 2.52. The number of nitriles is 1. The Morgan fingerprint density at radius 3 is 2.96 bits per heavy atom. The van der Waals surface area contributed by atoms with Gasteiger partial charge in [-0.1, -0.05) is 31.5 Å². The number of ether oxygens (including phenoxy) is 1. The second-order valence-electron chi connectivity index (χ2n) is 7.49. The Bertz CT molecular complexity index is 866. The summed E-state index contributed by atoms with van der Waals surface area (Å²) in [6.45, 7) is 3.92. The molecule has 4 rings (SSSR count). The van der Waals surface area contributed by atoms with Crippen molar-refractivity contribution in [2.45, 2.75) is 38.1 Å². The number of hydrogen-bond acceptors (Lipinski definition) is 4. The molecule has 1 aromatic carbocycles. The molecule has 5 nitrogen and oxygen atoms in total. The second-order valence-corrected chi connectivity index (χ2v) is 7.49. The van der Waals surface area contributed by atoms with E-state index in [9.17, 15) is 4.79 Å². The summed E-state index contributed by atoms with van der Waals surface area (Å²) in [4.78, 5) is 18.8. The fraction of sp³-hybridized carbons (Fsp3) is 0.524. The van der Waals surface area contributed by atoms with E-state index in [0.29, 0.717) is 18.3 Å². The third-order valence-electron chi connectivity index (χ3n) is 6.35. The molecule has 0 radical (unpaired) electrons. The molecule has 1 aromatic heterocycles. The van der Waals surface area contributed by atoms with Crippen molar-refractivity contribution < 1.29 is 9.53 Å². The summed E-state index contributed by atoms with van der Waals surface area (Å²) in [5.74, 6) is 0.409. The summed E-state index contributed by atoms with van der Waals surface area (Å²) < 4.78 is 5.23. The lowest BCUT2D eigenvalue weighted by Gasteiger charge is -2.49. The number of aromatic amines is 1. The van der Waals surface area contributed by atoms with E-state index in [1.165, 1.54) is 7.11 Å². The van der Waals surface area contributed by atoms with Gasteiger partial charge in [0.1, 0.15) is 0 Å². The third-order valence-corrected chi connectivity index (χ3v) is 6.35. The minimum Gasteiger partial charge on any atom is -0.469 e. The fourth-order valence-corrected chi connectivity index (χ4v) is 5.16. The van der Waals surface area contributed by atoms with Gasteiger partial charge in [0.15, 0.2) is 0 Å². The van der Waals surface area contributed by atoms with E-state index >= 15 is 0 Å². The zero-order chi connectivity index (χ0) is 18.3. The van der Waals surface area contributed by atoms with Crippen LogP contribution in [0.15, 0.2) is 24.3 Å². The molecular weight excluding hydrogens is 326 g/mol. The average Bonchev–Trinajstić information content (AvgIpc) is 3.06. The molecule has 2 aliphatic rings. The molecule has 2 aromatic rings. The minimum atomic E-state index is -0.203. The van der Waals surface area contributed by atoms with Crippen LogP contribution >= 0.6 is 0 Å². The van der Waals surface area contributed by atoms with Crippen molar-refractivity contribution in [2.75, 3.05) is 20.2 Å². The van der Waals surface area contributed by atoms with Gasteiger partial charge in [-0.05, 0) is 29.9 Å². The van der Waals surface area contributed by atoms with Crippen LogP contribution in [0, 0.1) is 23.2 Å². The minimum absolute atomic E-state index is 0.122. The van der Waals surface area contributed by atoms with Crippen LogP contribution < -0.4 is 0 Å². The number of aromatic nitrogens is 1. The van der Waals surface area contributed by atoms with Crippen molar-refractivity contribution in [3.8, 4) is 6.07 Å². The van der Waals surface area contributed by atoms with Gasteiger partial charge in [0.2, 0.25) is 0 Å². The highest BCUT2D eigenvalue weighted by molar-refractivity contribution is 5.92. The number of hydrogen-bond donors (Lipinski definition) is 1. The zero-order valence-corrected chi connectivity index (χ0v) is 15.4. The van der Waals surface area contributed by atoms with E-state index in [0.717, 1.165) is 48.1 Å². The van der Waals surface area contributed by atoms with E-state index < -0.39 is 0 Å². The van der Waals surface area contributed by atoms with Gasteiger partial charge >= 0.3 is 5.97 Å². The molecule has 1 N–H and O–H groups in total. The lowest BCUT2D eigenvalue weighted by Crippen LogP contribution is -2.49. The topological polar surface area (TPSA) is 69.1 Å². The summed E-state index contributed by atoms with van der Waals surface area (Å²) in [5.41, 5.74) is 3.34. The van der Waals surface area contributed by atoms with Crippen molar-refractivity contribution in [1.82, 2.24) is 9.88 Å². The highest BCUT2D eigenvalue weighted by Gasteiger charge is 2.49. The van der Waals surface area contributed by atoms with Gasteiger partial charge in [-0.3, -0.25) is 9.69 Å². The van der Waals surface area contributed by atoms with Crippen molar-refractivity contribution in [3.63, 3.8) is 0 Å². The molecule has 1 fully saturated rings. The van der Waals surface area contributed by atoms with Crippen LogP contribution in [0.3, 0.4) is 0 Å². The predicted octanol–water partition coefficient (Wildman–Crippen LogP) is 3.74. The SMILES string of the molecule is CC[C@H]1CN(CCC#N)[C@@H]2C[C@H]1[C@@H](C(=O)OC)c1c2[nH]c2ccccc12. The first-order valence-electron chi connectivity index (χ1n) is 9.48. The molecule has 5 heteroatoms. The Morgan fingerprint density at radius 2 is 2.23 bits per heavy atom. The second kappa shape index (κ2) is 6.77. The quantitative estimate of drug-likeness (QED) is 0.852. The smallest absolute Gasteiger partial charge is 0.313 e. The largest absolute Gasteiger partial charge is 0.469 e. The average molecular weight is 351 g/mol. The number of H-pyrrole nitrogens is 1. The number of benzene rings is 1. The normalized spacial score (nSPS) is 27.7. The summed E-state index contributed by atoms with van der Waals surface area (Å²) >= 11 is 0. The Morgan fingerprint density at radius 1 is 1.42 bits per heavy atom. The highest BCUT2D eigenvalue weighted by Crippen LogP contribution is 2.53. The van der Waals surface area contributed by atoms with Gasteiger partial charge in [0.25, 0.3) is 0 Å². The van der Waals surface area contributed by atoms with E-state index in [4.69, 9.17) is 10.00 Å². The first kappa shape index (κ1) is 17.1. The summed E-state index contributed by atoms with van der Waals surface area (Å²) in [6, 6.07) is 10.8. The van der Waals surface area contributed by atoms with Crippen LogP contribution in [-0.4, -0.2) is 36.1 Å².